The summed E-state index contributed by atoms with van der Waals surface area (Å²) in [6.45, 7) is 0.920. The lowest BCUT2D eigenvalue weighted by molar-refractivity contribution is -0.116. The number of carbonyl (C=O) groups is 1. The highest BCUT2D eigenvalue weighted by atomic mass is 35.5. The number of hydrogen-bond acceptors (Lipinski definition) is 2. The summed E-state index contributed by atoms with van der Waals surface area (Å²) < 4.78 is 1.51. The van der Waals surface area contributed by atoms with Crippen LogP contribution in [-0.4, -0.2) is 17.0 Å². The molecule has 0 aliphatic rings. The summed E-state index contributed by atoms with van der Waals surface area (Å²) in [5, 5.41) is 4.26. The lowest BCUT2D eigenvalue weighted by Gasteiger charge is -2.06. The van der Waals surface area contributed by atoms with E-state index in [1.54, 1.807) is 36.5 Å². The normalized spacial score (nSPS) is 11.0. The number of nitrogens with one attached hydrogen (secondary N) is 1. The summed E-state index contributed by atoms with van der Waals surface area (Å²) in [5.41, 5.74) is 0.588. The molecular formula is C17H15Cl3N2O2. The van der Waals surface area contributed by atoms with Gasteiger partial charge in [-0.2, -0.15) is 0 Å². The largest absolute Gasteiger partial charge is 0.352 e. The molecule has 1 N–H and O–H groups in total. The van der Waals surface area contributed by atoms with Gasteiger partial charge in [-0.15, -0.1) is 0 Å². The fraction of sp³-hybridized carbons (Fsp3) is 0.176. The molecule has 1 heterocycles. The van der Waals surface area contributed by atoms with E-state index in [9.17, 15) is 9.59 Å². The molecule has 126 valence electrons. The van der Waals surface area contributed by atoms with Gasteiger partial charge in [-0.25, -0.2) is 0 Å². The van der Waals surface area contributed by atoms with Gasteiger partial charge in [-0.3, -0.25) is 9.59 Å². The van der Waals surface area contributed by atoms with Crippen molar-refractivity contribution in [1.29, 1.82) is 0 Å². The number of hydrogen-bond donors (Lipinski definition) is 1. The first-order valence-corrected chi connectivity index (χ1v) is 8.36. The number of rotatable bonds is 6. The van der Waals surface area contributed by atoms with Crippen LogP contribution in [-0.2, 0) is 11.3 Å². The Bertz CT molecular complexity index is 816. The number of pyridine rings is 1. The Morgan fingerprint density at radius 2 is 1.88 bits per heavy atom. The van der Waals surface area contributed by atoms with Gasteiger partial charge in [0.1, 0.15) is 0 Å². The first kappa shape index (κ1) is 18.6. The van der Waals surface area contributed by atoms with Crippen LogP contribution in [0.5, 0.6) is 0 Å². The molecule has 0 spiro atoms. The number of nitrogens with zero attached hydrogens (tertiary/aromatic N) is 1. The summed E-state index contributed by atoms with van der Waals surface area (Å²) in [6, 6.07) is 8.02. The van der Waals surface area contributed by atoms with Crippen molar-refractivity contribution in [1.82, 2.24) is 9.88 Å². The molecule has 0 bridgehead atoms. The lowest BCUT2D eigenvalue weighted by atomic mass is 10.2. The van der Waals surface area contributed by atoms with E-state index >= 15 is 0 Å². The average molecular weight is 386 g/mol. The third kappa shape index (κ3) is 5.71. The molecule has 0 unspecified atom stereocenters. The van der Waals surface area contributed by atoms with E-state index in [1.165, 1.54) is 16.7 Å². The van der Waals surface area contributed by atoms with Gasteiger partial charge in [0.15, 0.2) is 0 Å². The molecular weight excluding hydrogens is 371 g/mol. The fourth-order valence-electron chi connectivity index (χ4n) is 2.00. The van der Waals surface area contributed by atoms with Gasteiger partial charge in [0.05, 0.1) is 5.02 Å². The van der Waals surface area contributed by atoms with Gasteiger partial charge in [0.2, 0.25) is 5.91 Å². The number of aryl methyl sites for hydroxylation is 1. The van der Waals surface area contributed by atoms with Gasteiger partial charge in [0, 0.05) is 41.5 Å². The molecule has 2 aromatic rings. The quantitative estimate of drug-likeness (QED) is 0.603. The molecule has 4 nitrogen and oxygen atoms in total. The molecule has 0 radical (unpaired) electrons. The predicted molar refractivity (Wildman–Crippen MR) is 98.8 cm³/mol. The molecule has 0 atom stereocenters. The summed E-state index contributed by atoms with van der Waals surface area (Å²) in [5.74, 6) is -0.237. The average Bonchev–Trinajstić information content (AvgIpc) is 2.54. The molecule has 0 aliphatic heterocycles. The van der Waals surface area contributed by atoms with Crippen LogP contribution >= 0.6 is 34.8 Å². The monoisotopic (exact) mass is 384 g/mol. The van der Waals surface area contributed by atoms with Crippen LogP contribution in [0.25, 0.3) is 6.08 Å². The standard InChI is InChI=1S/C17H15Cl3N2O2/c18-13-4-2-12(15(20)10-13)3-6-16(23)21-8-1-9-22-11-14(19)5-7-17(22)24/h2-7,10-11H,1,8-9H2,(H,21,23)/b6-3+. The third-order valence-corrected chi connectivity index (χ3v) is 3.99. The van der Waals surface area contributed by atoms with Gasteiger partial charge in [-0.05, 0) is 36.3 Å². The van der Waals surface area contributed by atoms with Crippen molar-refractivity contribution in [3.63, 3.8) is 0 Å². The summed E-state index contributed by atoms with van der Waals surface area (Å²) in [6.07, 6.45) is 5.21. The minimum absolute atomic E-state index is 0.122. The SMILES string of the molecule is O=C(/C=C/c1ccc(Cl)cc1Cl)NCCCn1cc(Cl)ccc1=O. The maximum Gasteiger partial charge on any atom is 0.250 e. The van der Waals surface area contributed by atoms with Crippen LogP contribution in [0.3, 0.4) is 0 Å². The van der Waals surface area contributed by atoms with Gasteiger partial charge < -0.3 is 9.88 Å². The van der Waals surface area contributed by atoms with E-state index in [4.69, 9.17) is 34.8 Å². The van der Waals surface area contributed by atoms with Crippen LogP contribution in [0.15, 0.2) is 47.4 Å². The first-order chi connectivity index (χ1) is 11.5. The Morgan fingerprint density at radius 3 is 2.62 bits per heavy atom. The van der Waals surface area contributed by atoms with E-state index in [-0.39, 0.29) is 11.5 Å². The first-order valence-electron chi connectivity index (χ1n) is 7.22. The zero-order valence-corrected chi connectivity index (χ0v) is 14.9. The van der Waals surface area contributed by atoms with Crippen LogP contribution in [0.1, 0.15) is 12.0 Å². The highest BCUT2D eigenvalue weighted by Crippen LogP contribution is 2.21. The molecule has 0 saturated heterocycles. The van der Waals surface area contributed by atoms with Crippen molar-refractivity contribution in [3.05, 3.63) is 73.6 Å². The van der Waals surface area contributed by atoms with Crippen molar-refractivity contribution in [3.8, 4) is 0 Å². The van der Waals surface area contributed by atoms with E-state index in [1.807, 2.05) is 0 Å². The zero-order chi connectivity index (χ0) is 17.5. The van der Waals surface area contributed by atoms with Crippen molar-refractivity contribution in [2.24, 2.45) is 0 Å². The zero-order valence-electron chi connectivity index (χ0n) is 12.6. The van der Waals surface area contributed by atoms with Gasteiger partial charge in [0.25, 0.3) is 5.56 Å². The Kier molecular flexibility index (Phi) is 6.91. The van der Waals surface area contributed by atoms with E-state index in [0.717, 1.165) is 0 Å². The minimum Gasteiger partial charge on any atom is -0.352 e. The molecule has 1 aromatic heterocycles. The summed E-state index contributed by atoms with van der Waals surface area (Å²) in [4.78, 5) is 23.4. The van der Waals surface area contributed by atoms with Crippen molar-refractivity contribution < 1.29 is 4.79 Å². The maximum atomic E-state index is 11.8. The minimum atomic E-state index is -0.237. The van der Waals surface area contributed by atoms with Crippen LogP contribution < -0.4 is 10.9 Å². The second kappa shape index (κ2) is 8.92. The number of amides is 1. The highest BCUT2D eigenvalue weighted by molar-refractivity contribution is 6.35. The summed E-state index contributed by atoms with van der Waals surface area (Å²) in [7, 11) is 0. The molecule has 24 heavy (non-hydrogen) atoms. The van der Waals surface area contributed by atoms with E-state index in [0.29, 0.717) is 40.1 Å². The topological polar surface area (TPSA) is 51.1 Å². The molecule has 0 aliphatic carbocycles. The molecule has 7 heteroatoms. The van der Waals surface area contributed by atoms with Crippen molar-refractivity contribution in [2.45, 2.75) is 13.0 Å². The lowest BCUT2D eigenvalue weighted by Crippen LogP contribution is -2.25. The van der Waals surface area contributed by atoms with Gasteiger partial charge in [-0.1, -0.05) is 40.9 Å². The van der Waals surface area contributed by atoms with E-state index in [2.05, 4.69) is 5.32 Å². The number of halogens is 3. The second-order valence-electron chi connectivity index (χ2n) is 5.02. The predicted octanol–water partition coefficient (Wildman–Crippen LogP) is 4.03. The second-order valence-corrected chi connectivity index (χ2v) is 6.30. The molecule has 1 aromatic carbocycles. The Hall–Kier alpha value is -1.75. The maximum absolute atomic E-state index is 11.8. The number of carbonyl (C=O) groups excluding carboxylic acids is 1. The third-order valence-electron chi connectivity index (χ3n) is 3.20. The van der Waals surface area contributed by atoms with Crippen molar-refractivity contribution >= 4 is 46.8 Å². The fourth-order valence-corrected chi connectivity index (χ4v) is 2.65. The van der Waals surface area contributed by atoms with Crippen molar-refractivity contribution in [2.75, 3.05) is 6.54 Å². The Labute approximate surface area is 154 Å². The highest BCUT2D eigenvalue weighted by Gasteiger charge is 2.01. The Morgan fingerprint density at radius 1 is 1.12 bits per heavy atom. The smallest absolute Gasteiger partial charge is 0.250 e. The number of aromatic nitrogens is 1. The van der Waals surface area contributed by atoms with Crippen LogP contribution in [0.2, 0.25) is 15.1 Å². The molecule has 2 rings (SSSR count). The molecule has 0 fully saturated rings. The van der Waals surface area contributed by atoms with Gasteiger partial charge >= 0.3 is 0 Å². The molecule has 0 saturated carbocycles. The van der Waals surface area contributed by atoms with E-state index < -0.39 is 0 Å². The number of benzene rings is 1. The van der Waals surface area contributed by atoms with Crippen LogP contribution in [0.4, 0.5) is 0 Å². The molecule has 1 amide bonds. The summed E-state index contributed by atoms with van der Waals surface area (Å²) >= 11 is 17.7. The van der Waals surface area contributed by atoms with Crippen LogP contribution in [0, 0.1) is 0 Å². The Balaban J connectivity index is 1.80.